The summed E-state index contributed by atoms with van der Waals surface area (Å²) in [4.78, 5) is 0. The van der Waals surface area contributed by atoms with E-state index in [0.29, 0.717) is 10.9 Å². The van der Waals surface area contributed by atoms with Crippen molar-refractivity contribution in [3.8, 4) is 5.75 Å². The van der Waals surface area contributed by atoms with Crippen LogP contribution in [0.2, 0.25) is 0 Å². The molecule has 74 valence electrons. The number of hydrogen-bond acceptors (Lipinski definition) is 3. The maximum atomic E-state index is 13.3. The van der Waals surface area contributed by atoms with E-state index >= 15 is 0 Å². The van der Waals surface area contributed by atoms with Crippen molar-refractivity contribution in [2.24, 2.45) is 0 Å². The van der Waals surface area contributed by atoms with Crippen LogP contribution in [0.4, 0.5) is 4.39 Å². The fraction of sp³-hybridized carbons (Fsp3) is 0.200. The molecule has 0 spiro atoms. The number of thiophene rings is 1. The predicted octanol–water partition coefficient (Wildman–Crippen LogP) is 2.54. The zero-order valence-electron chi connectivity index (χ0n) is 7.58. The quantitative estimate of drug-likeness (QED) is 0.829. The Morgan fingerprint density at radius 2 is 2.29 bits per heavy atom. The number of aliphatic hydroxyl groups is 1. The molecule has 1 heterocycles. The number of rotatable bonds is 2. The molecule has 0 saturated carbocycles. The highest BCUT2D eigenvalue weighted by atomic mass is 32.1. The van der Waals surface area contributed by atoms with Gasteiger partial charge in [-0.2, -0.15) is 0 Å². The first-order valence-electron chi connectivity index (χ1n) is 4.11. The Morgan fingerprint density at radius 1 is 1.50 bits per heavy atom. The van der Waals surface area contributed by atoms with E-state index in [1.54, 1.807) is 6.07 Å². The van der Waals surface area contributed by atoms with Gasteiger partial charge in [-0.25, -0.2) is 4.39 Å². The minimum atomic E-state index is -0.395. The fourth-order valence-corrected chi connectivity index (χ4v) is 2.40. The topological polar surface area (TPSA) is 29.5 Å². The summed E-state index contributed by atoms with van der Waals surface area (Å²) in [5.41, 5.74) is 0.710. The van der Waals surface area contributed by atoms with E-state index in [4.69, 9.17) is 9.84 Å². The van der Waals surface area contributed by atoms with Crippen LogP contribution < -0.4 is 4.74 Å². The molecular formula is C10H9FO2S. The van der Waals surface area contributed by atoms with Gasteiger partial charge in [-0.15, -0.1) is 11.3 Å². The van der Waals surface area contributed by atoms with E-state index in [0.717, 1.165) is 4.70 Å². The SMILES string of the molecule is COc1c(F)ccc2scc(CO)c12. The van der Waals surface area contributed by atoms with Crippen molar-refractivity contribution in [1.82, 2.24) is 0 Å². The Morgan fingerprint density at radius 3 is 2.93 bits per heavy atom. The van der Waals surface area contributed by atoms with Crippen molar-refractivity contribution in [2.75, 3.05) is 7.11 Å². The zero-order chi connectivity index (χ0) is 10.1. The largest absolute Gasteiger partial charge is 0.493 e. The number of hydrogen-bond donors (Lipinski definition) is 1. The number of aliphatic hydroxyl groups excluding tert-OH is 1. The summed E-state index contributed by atoms with van der Waals surface area (Å²) in [7, 11) is 1.43. The van der Waals surface area contributed by atoms with Crippen LogP contribution in [-0.4, -0.2) is 12.2 Å². The molecule has 14 heavy (non-hydrogen) atoms. The minimum absolute atomic E-state index is 0.0974. The Hall–Kier alpha value is -1.13. The van der Waals surface area contributed by atoms with Gasteiger partial charge in [-0.3, -0.25) is 0 Å². The number of benzene rings is 1. The van der Waals surface area contributed by atoms with E-state index in [1.807, 2.05) is 5.38 Å². The molecule has 0 saturated heterocycles. The summed E-state index contributed by atoms with van der Waals surface area (Å²) in [6.45, 7) is -0.0974. The lowest BCUT2D eigenvalue weighted by Gasteiger charge is -2.04. The highest BCUT2D eigenvalue weighted by molar-refractivity contribution is 7.17. The third-order valence-electron chi connectivity index (χ3n) is 2.10. The fourth-order valence-electron chi connectivity index (χ4n) is 1.45. The minimum Gasteiger partial charge on any atom is -0.493 e. The van der Waals surface area contributed by atoms with Crippen molar-refractivity contribution in [1.29, 1.82) is 0 Å². The summed E-state index contributed by atoms with van der Waals surface area (Å²) in [5, 5.41) is 11.6. The van der Waals surface area contributed by atoms with Gasteiger partial charge in [0.25, 0.3) is 0 Å². The lowest BCUT2D eigenvalue weighted by molar-refractivity contribution is 0.283. The van der Waals surface area contributed by atoms with Gasteiger partial charge in [0.15, 0.2) is 11.6 Å². The molecule has 0 radical (unpaired) electrons. The predicted molar refractivity (Wildman–Crippen MR) is 54.3 cm³/mol. The van der Waals surface area contributed by atoms with Crippen molar-refractivity contribution in [3.63, 3.8) is 0 Å². The van der Waals surface area contributed by atoms with Gasteiger partial charge in [0.05, 0.1) is 13.7 Å². The monoisotopic (exact) mass is 212 g/mol. The number of ether oxygens (including phenoxy) is 1. The first kappa shape index (κ1) is 9.43. The number of fused-ring (bicyclic) bond motifs is 1. The van der Waals surface area contributed by atoms with Crippen LogP contribution in [0.1, 0.15) is 5.56 Å². The highest BCUT2D eigenvalue weighted by Crippen LogP contribution is 2.35. The van der Waals surface area contributed by atoms with Crippen molar-refractivity contribution < 1.29 is 14.2 Å². The Bertz CT molecular complexity index is 464. The van der Waals surface area contributed by atoms with Crippen LogP contribution in [0.5, 0.6) is 5.75 Å². The molecule has 0 aliphatic rings. The summed E-state index contributed by atoms with van der Waals surface area (Å²) >= 11 is 1.47. The molecule has 1 aromatic carbocycles. The van der Waals surface area contributed by atoms with Gasteiger partial charge in [-0.1, -0.05) is 0 Å². The van der Waals surface area contributed by atoms with Gasteiger partial charge < -0.3 is 9.84 Å². The van der Waals surface area contributed by atoms with E-state index in [9.17, 15) is 4.39 Å². The van der Waals surface area contributed by atoms with Crippen LogP contribution in [0.25, 0.3) is 10.1 Å². The molecule has 1 aromatic heterocycles. The van der Waals surface area contributed by atoms with Gasteiger partial charge in [-0.05, 0) is 23.1 Å². The second-order valence-corrected chi connectivity index (χ2v) is 3.78. The first-order chi connectivity index (χ1) is 6.77. The van der Waals surface area contributed by atoms with E-state index in [-0.39, 0.29) is 12.4 Å². The van der Waals surface area contributed by atoms with Crippen LogP contribution >= 0.6 is 11.3 Å². The first-order valence-corrected chi connectivity index (χ1v) is 4.99. The van der Waals surface area contributed by atoms with E-state index in [1.165, 1.54) is 24.5 Å². The maximum absolute atomic E-state index is 13.3. The molecule has 1 N–H and O–H groups in total. The molecule has 2 rings (SSSR count). The standard InChI is InChI=1S/C10H9FO2S/c1-13-10-7(11)2-3-8-9(10)6(4-12)5-14-8/h2-3,5,12H,4H2,1H3. The molecule has 2 nitrogen and oxygen atoms in total. The molecule has 0 fully saturated rings. The lowest BCUT2D eigenvalue weighted by atomic mass is 10.1. The van der Waals surface area contributed by atoms with Gasteiger partial charge in [0.2, 0.25) is 0 Å². The summed E-state index contributed by atoms with van der Waals surface area (Å²) < 4.78 is 19.2. The van der Waals surface area contributed by atoms with Gasteiger partial charge in [0, 0.05) is 10.1 Å². The van der Waals surface area contributed by atoms with Crippen LogP contribution in [0.3, 0.4) is 0 Å². The molecule has 0 atom stereocenters. The van der Waals surface area contributed by atoms with Crippen molar-refractivity contribution in [3.05, 3.63) is 28.9 Å². The van der Waals surface area contributed by atoms with Gasteiger partial charge in [0.1, 0.15) is 0 Å². The molecule has 0 bridgehead atoms. The van der Waals surface area contributed by atoms with Crippen LogP contribution in [0.15, 0.2) is 17.5 Å². The van der Waals surface area contributed by atoms with Crippen LogP contribution in [0, 0.1) is 5.82 Å². The smallest absolute Gasteiger partial charge is 0.165 e. The van der Waals surface area contributed by atoms with Gasteiger partial charge >= 0.3 is 0 Å². The van der Waals surface area contributed by atoms with E-state index in [2.05, 4.69) is 0 Å². The van der Waals surface area contributed by atoms with E-state index < -0.39 is 5.82 Å². The summed E-state index contributed by atoms with van der Waals surface area (Å²) in [5.74, 6) is -0.180. The highest BCUT2D eigenvalue weighted by Gasteiger charge is 2.12. The van der Waals surface area contributed by atoms with Crippen molar-refractivity contribution in [2.45, 2.75) is 6.61 Å². The number of methoxy groups -OCH3 is 1. The maximum Gasteiger partial charge on any atom is 0.165 e. The molecule has 0 aliphatic heterocycles. The zero-order valence-corrected chi connectivity index (χ0v) is 8.40. The molecule has 4 heteroatoms. The molecule has 0 aliphatic carbocycles. The summed E-state index contributed by atoms with van der Waals surface area (Å²) in [6.07, 6.45) is 0. The molecule has 0 amide bonds. The number of halogens is 1. The molecular weight excluding hydrogens is 203 g/mol. The third-order valence-corrected chi connectivity index (χ3v) is 3.09. The summed E-state index contributed by atoms with van der Waals surface area (Å²) in [6, 6.07) is 3.07. The third kappa shape index (κ3) is 1.27. The Balaban J connectivity index is 2.81. The lowest BCUT2D eigenvalue weighted by Crippen LogP contribution is -1.90. The van der Waals surface area contributed by atoms with Crippen LogP contribution in [-0.2, 0) is 6.61 Å². The average Bonchev–Trinajstić information content (AvgIpc) is 2.61. The molecule has 0 unspecified atom stereocenters. The molecule has 2 aromatic rings. The second kappa shape index (κ2) is 3.55. The Labute approximate surface area is 84.6 Å². The Kier molecular flexibility index (Phi) is 2.39. The van der Waals surface area contributed by atoms with Crippen molar-refractivity contribution >= 4 is 21.4 Å². The second-order valence-electron chi connectivity index (χ2n) is 2.87. The average molecular weight is 212 g/mol. The normalized spacial score (nSPS) is 10.8.